The van der Waals surface area contributed by atoms with E-state index >= 15 is 0 Å². The van der Waals surface area contributed by atoms with Gasteiger partial charge in [0.1, 0.15) is 22.3 Å². The lowest BCUT2D eigenvalue weighted by atomic mass is 10.0. The van der Waals surface area contributed by atoms with E-state index in [1.165, 1.54) is 16.6 Å². The van der Waals surface area contributed by atoms with Crippen LogP contribution < -0.4 is 5.32 Å². The predicted molar refractivity (Wildman–Crippen MR) is 213 cm³/mol. The Kier molecular flexibility index (Phi) is 5.47. The topological polar surface area (TPSA) is 61.1 Å². The number of pyridine rings is 1. The standard InChI is InChI=1S/C46H28N4O2/c1-3-9-37-35(7-1)45-39(11-5-21-47-45)49(37)29-15-19-33-31-17-13-27(23-41(31)51-43(33)25-29)28-14-18-32-34-20-16-30(26-44(34)52-42(32)24-28)50-38-10-4-2-8-36(38)46-40(50)12-6-22-48-46/h1-21,23-26,48H,22H2. The van der Waals surface area contributed by atoms with Gasteiger partial charge in [0.2, 0.25) is 0 Å². The summed E-state index contributed by atoms with van der Waals surface area (Å²) in [5.74, 6) is 0. The molecular weight excluding hydrogens is 641 g/mol. The van der Waals surface area contributed by atoms with Gasteiger partial charge < -0.3 is 23.3 Å². The van der Waals surface area contributed by atoms with Crippen molar-refractivity contribution < 1.29 is 8.83 Å². The van der Waals surface area contributed by atoms with Crippen molar-refractivity contribution in [1.82, 2.24) is 14.1 Å². The molecule has 1 aliphatic heterocycles. The third kappa shape index (κ3) is 3.80. The minimum atomic E-state index is 0.831. The van der Waals surface area contributed by atoms with Crippen LogP contribution in [0.5, 0.6) is 0 Å². The van der Waals surface area contributed by atoms with Crippen LogP contribution >= 0.6 is 0 Å². The second-order valence-electron chi connectivity index (χ2n) is 13.6. The number of benzene rings is 6. The summed E-state index contributed by atoms with van der Waals surface area (Å²) in [5.41, 5.74) is 14.4. The molecule has 0 unspecified atom stereocenters. The Hall–Kier alpha value is -7.05. The van der Waals surface area contributed by atoms with Gasteiger partial charge in [-0.25, -0.2) is 0 Å². The van der Waals surface area contributed by atoms with E-state index in [1.807, 2.05) is 12.3 Å². The molecule has 6 heteroatoms. The average molecular weight is 669 g/mol. The fraction of sp³-hybridized carbons (Fsp3) is 0.0217. The SMILES string of the molecule is C1=Cc2c(c3ccccc3n2-c2ccc3c(c2)oc2cc(-c4ccc5c(c4)oc4cc(-n6c7ccccc7c7ncccc76)ccc45)ccc23)NC1. The molecule has 1 aliphatic rings. The molecule has 5 aromatic heterocycles. The van der Waals surface area contributed by atoms with Gasteiger partial charge in [-0.15, -0.1) is 0 Å². The summed E-state index contributed by atoms with van der Waals surface area (Å²) in [4.78, 5) is 4.70. The second kappa shape index (κ2) is 10.2. The van der Waals surface area contributed by atoms with Gasteiger partial charge in [0, 0.05) is 68.6 Å². The van der Waals surface area contributed by atoms with E-state index in [4.69, 9.17) is 13.8 Å². The smallest absolute Gasteiger partial charge is 0.137 e. The first kappa shape index (κ1) is 27.7. The molecule has 0 radical (unpaired) electrons. The maximum atomic E-state index is 6.58. The fourth-order valence-corrected chi connectivity index (χ4v) is 8.44. The monoisotopic (exact) mass is 668 g/mol. The van der Waals surface area contributed by atoms with Crippen molar-refractivity contribution in [2.24, 2.45) is 0 Å². The molecule has 0 aliphatic carbocycles. The molecule has 0 saturated carbocycles. The molecule has 0 atom stereocenters. The van der Waals surface area contributed by atoms with Gasteiger partial charge in [-0.05, 0) is 90.0 Å². The normalized spacial score (nSPS) is 13.0. The number of anilines is 1. The number of rotatable bonds is 3. The van der Waals surface area contributed by atoms with E-state index in [9.17, 15) is 0 Å². The van der Waals surface area contributed by atoms with Gasteiger partial charge in [-0.2, -0.15) is 0 Å². The highest BCUT2D eigenvalue weighted by molar-refractivity contribution is 6.10. The van der Waals surface area contributed by atoms with Crippen molar-refractivity contribution in [1.29, 1.82) is 0 Å². The summed E-state index contributed by atoms with van der Waals surface area (Å²) in [6.45, 7) is 0.831. The van der Waals surface area contributed by atoms with E-state index in [-0.39, 0.29) is 0 Å². The number of aromatic nitrogens is 3. The highest BCUT2D eigenvalue weighted by atomic mass is 16.3. The van der Waals surface area contributed by atoms with Crippen LogP contribution in [0.15, 0.2) is 155 Å². The van der Waals surface area contributed by atoms with Crippen molar-refractivity contribution in [2.45, 2.75) is 0 Å². The third-order valence-electron chi connectivity index (χ3n) is 10.8. The molecule has 244 valence electrons. The van der Waals surface area contributed by atoms with Crippen LogP contribution in [0.2, 0.25) is 0 Å². The lowest BCUT2D eigenvalue weighted by molar-refractivity contribution is 0.667. The maximum absolute atomic E-state index is 6.58. The summed E-state index contributed by atoms with van der Waals surface area (Å²) < 4.78 is 17.7. The zero-order chi connectivity index (χ0) is 33.9. The minimum absolute atomic E-state index is 0.831. The van der Waals surface area contributed by atoms with E-state index in [0.29, 0.717) is 0 Å². The van der Waals surface area contributed by atoms with Crippen LogP contribution in [0.3, 0.4) is 0 Å². The Morgan fingerprint density at radius 2 is 1.06 bits per heavy atom. The zero-order valence-corrected chi connectivity index (χ0v) is 27.8. The van der Waals surface area contributed by atoms with Crippen LogP contribution in [-0.2, 0) is 0 Å². The predicted octanol–water partition coefficient (Wildman–Crippen LogP) is 12.0. The number of hydrogen-bond acceptors (Lipinski definition) is 4. The Bertz CT molecular complexity index is 3260. The molecule has 6 nitrogen and oxygen atoms in total. The van der Waals surface area contributed by atoms with Gasteiger partial charge >= 0.3 is 0 Å². The van der Waals surface area contributed by atoms with Crippen molar-refractivity contribution in [3.8, 4) is 22.5 Å². The Morgan fingerprint density at radius 1 is 0.500 bits per heavy atom. The van der Waals surface area contributed by atoms with Crippen molar-refractivity contribution in [2.75, 3.05) is 11.9 Å². The summed E-state index contributed by atoms with van der Waals surface area (Å²) >= 11 is 0. The van der Waals surface area contributed by atoms with Crippen LogP contribution in [0, 0.1) is 0 Å². The maximum Gasteiger partial charge on any atom is 0.137 e. The summed E-state index contributed by atoms with van der Waals surface area (Å²) in [6.07, 6.45) is 6.24. The van der Waals surface area contributed by atoms with Gasteiger partial charge in [-0.3, -0.25) is 4.98 Å². The molecule has 6 aromatic carbocycles. The Balaban J connectivity index is 0.945. The minimum Gasteiger partial charge on any atom is -0.456 e. The summed E-state index contributed by atoms with van der Waals surface area (Å²) in [7, 11) is 0. The molecule has 0 bridgehead atoms. The fourth-order valence-electron chi connectivity index (χ4n) is 8.44. The molecular formula is C46H28N4O2. The third-order valence-corrected chi connectivity index (χ3v) is 10.8. The van der Waals surface area contributed by atoms with Crippen molar-refractivity contribution in [3.05, 3.63) is 151 Å². The van der Waals surface area contributed by atoms with E-state index in [0.717, 1.165) is 101 Å². The molecule has 0 amide bonds. The van der Waals surface area contributed by atoms with Gasteiger partial charge in [0.05, 0.1) is 33.4 Å². The quantitative estimate of drug-likeness (QED) is 0.204. The second-order valence-corrected chi connectivity index (χ2v) is 13.6. The van der Waals surface area contributed by atoms with Crippen molar-refractivity contribution >= 4 is 88.5 Å². The number of hydrogen-bond donors (Lipinski definition) is 1. The van der Waals surface area contributed by atoms with Crippen LogP contribution in [-0.4, -0.2) is 20.7 Å². The first-order valence-corrected chi connectivity index (χ1v) is 17.6. The highest BCUT2D eigenvalue weighted by Gasteiger charge is 2.20. The van der Waals surface area contributed by atoms with Crippen LogP contribution in [0.25, 0.3) is 105 Å². The highest BCUT2D eigenvalue weighted by Crippen LogP contribution is 2.40. The molecule has 1 N–H and O–H groups in total. The first-order valence-electron chi connectivity index (χ1n) is 17.6. The number of fused-ring (bicyclic) bond motifs is 12. The Morgan fingerprint density at radius 3 is 1.75 bits per heavy atom. The van der Waals surface area contributed by atoms with Gasteiger partial charge in [-0.1, -0.05) is 54.6 Å². The van der Waals surface area contributed by atoms with Gasteiger partial charge in [0.15, 0.2) is 0 Å². The number of furan rings is 2. The molecule has 6 heterocycles. The largest absolute Gasteiger partial charge is 0.456 e. The molecule has 52 heavy (non-hydrogen) atoms. The van der Waals surface area contributed by atoms with E-state index in [2.05, 4.69) is 154 Å². The number of para-hydroxylation sites is 2. The average Bonchev–Trinajstić information content (AvgIpc) is 3.94. The molecule has 0 spiro atoms. The summed E-state index contributed by atoms with van der Waals surface area (Å²) in [5, 5.41) is 10.3. The molecule has 12 rings (SSSR count). The Labute approximate surface area is 296 Å². The number of nitrogens with one attached hydrogen (secondary N) is 1. The molecule has 11 aromatic rings. The van der Waals surface area contributed by atoms with E-state index in [1.54, 1.807) is 0 Å². The van der Waals surface area contributed by atoms with Crippen LogP contribution in [0.4, 0.5) is 5.69 Å². The lowest BCUT2D eigenvalue weighted by Gasteiger charge is -2.13. The van der Waals surface area contributed by atoms with Crippen LogP contribution in [0.1, 0.15) is 5.69 Å². The van der Waals surface area contributed by atoms with Gasteiger partial charge in [0.25, 0.3) is 0 Å². The summed E-state index contributed by atoms with van der Waals surface area (Å²) in [6, 6.07) is 47.1. The number of nitrogens with zero attached hydrogens (tertiary/aromatic N) is 3. The molecule has 0 saturated heterocycles. The zero-order valence-electron chi connectivity index (χ0n) is 27.8. The van der Waals surface area contributed by atoms with E-state index < -0.39 is 0 Å². The lowest BCUT2D eigenvalue weighted by Crippen LogP contribution is -2.05. The molecule has 0 fully saturated rings. The first-order chi connectivity index (χ1) is 25.8. The van der Waals surface area contributed by atoms with Crippen molar-refractivity contribution in [3.63, 3.8) is 0 Å².